The van der Waals surface area contributed by atoms with Crippen LogP contribution in [-0.2, 0) is 9.59 Å². The molecule has 0 aliphatic heterocycles. The number of halogens is 12. The third kappa shape index (κ3) is 2.70. The van der Waals surface area contributed by atoms with Gasteiger partial charge in [-0.25, -0.2) is 0 Å². The van der Waals surface area contributed by atoms with Crippen molar-refractivity contribution in [1.29, 1.82) is 0 Å². The van der Waals surface area contributed by atoms with Crippen LogP contribution in [0, 0.1) is 0 Å². The Morgan fingerprint density at radius 1 is 0.500 bits per heavy atom. The van der Waals surface area contributed by atoms with Gasteiger partial charge in [-0.1, -0.05) is 0 Å². The predicted molar refractivity (Wildman–Crippen MR) is 74.3 cm³/mol. The lowest BCUT2D eigenvalue weighted by molar-refractivity contribution is -0.495. The molecule has 18 heteroatoms. The van der Waals surface area contributed by atoms with Gasteiger partial charge in [0, 0.05) is 12.8 Å². The number of amides is 2. The zero-order chi connectivity index (χ0) is 25.4. The van der Waals surface area contributed by atoms with Crippen LogP contribution in [0.25, 0.3) is 0 Å². The predicted octanol–water partition coefficient (Wildman–Crippen LogP) is 2.00. The van der Waals surface area contributed by atoms with E-state index in [-0.39, 0.29) is 0 Å². The molecule has 2 saturated carbocycles. The molecule has 0 aromatic carbocycles. The van der Waals surface area contributed by atoms with Gasteiger partial charge in [0.2, 0.25) is 11.8 Å². The molecule has 2 rings (SSSR count). The van der Waals surface area contributed by atoms with Gasteiger partial charge >= 0.3 is 35.5 Å². The van der Waals surface area contributed by atoms with Crippen molar-refractivity contribution in [2.24, 2.45) is 0 Å². The molecule has 0 heterocycles. The summed E-state index contributed by atoms with van der Waals surface area (Å²) in [6, 6.07) is 0. The molecule has 2 amide bonds. The summed E-state index contributed by atoms with van der Waals surface area (Å²) in [6.45, 7) is 0. The summed E-state index contributed by atoms with van der Waals surface area (Å²) in [5, 5.41) is 19.5. The maximum absolute atomic E-state index is 13.1. The van der Waals surface area contributed by atoms with E-state index in [2.05, 4.69) is 0 Å². The molecular formula is C14H12F12N2O4. The Morgan fingerprint density at radius 2 is 0.719 bits per heavy atom. The minimum atomic E-state index is -5.98. The summed E-state index contributed by atoms with van der Waals surface area (Å²) in [6.07, 6.45) is -3.49. The maximum atomic E-state index is 13.1. The molecule has 186 valence electrons. The van der Waals surface area contributed by atoms with Crippen molar-refractivity contribution in [3.63, 3.8) is 0 Å². The van der Waals surface area contributed by atoms with Crippen molar-refractivity contribution in [2.45, 2.75) is 72.7 Å². The van der Waals surface area contributed by atoms with Crippen LogP contribution in [0.5, 0.6) is 0 Å². The van der Waals surface area contributed by atoms with Crippen molar-refractivity contribution in [2.75, 3.05) is 0 Å². The molecule has 0 aromatic rings. The number of carbonyl (C=O) groups excluding carboxylic acids is 2. The molecular weight excluding hydrogens is 488 g/mol. The lowest BCUT2D eigenvalue weighted by Gasteiger charge is -2.55. The van der Waals surface area contributed by atoms with E-state index in [4.69, 9.17) is 10.2 Å². The van der Waals surface area contributed by atoms with Crippen molar-refractivity contribution in [1.82, 2.24) is 10.6 Å². The molecule has 0 atom stereocenters. The molecule has 2 aliphatic rings. The fourth-order valence-electron chi connectivity index (χ4n) is 2.99. The van der Waals surface area contributed by atoms with Crippen LogP contribution in [0.15, 0.2) is 0 Å². The van der Waals surface area contributed by atoms with Crippen LogP contribution in [-0.4, -0.2) is 69.0 Å². The van der Waals surface area contributed by atoms with Gasteiger partial charge in [-0.2, -0.15) is 52.7 Å². The molecule has 4 N–H and O–H groups in total. The van der Waals surface area contributed by atoms with Crippen molar-refractivity contribution >= 4 is 11.8 Å². The largest absolute Gasteiger partial charge is 0.382 e. The Morgan fingerprint density at radius 3 is 0.938 bits per heavy atom. The van der Waals surface area contributed by atoms with E-state index in [0.29, 0.717) is 10.6 Å². The van der Waals surface area contributed by atoms with Gasteiger partial charge < -0.3 is 20.8 Å². The van der Waals surface area contributed by atoms with Crippen LogP contribution in [0.2, 0.25) is 0 Å². The number of alkyl halides is 12. The number of hydrogen-bond acceptors (Lipinski definition) is 4. The Balaban J connectivity index is 1.86. The van der Waals surface area contributed by atoms with Gasteiger partial charge in [-0.05, 0) is 12.8 Å². The minimum absolute atomic E-state index is 0.618. The normalized spacial score (nSPS) is 28.6. The number of unbranched alkanes of at least 4 members (excludes halogenated alkanes) is 1. The third-order valence-electron chi connectivity index (χ3n) is 5.09. The van der Waals surface area contributed by atoms with Gasteiger partial charge in [0.25, 0.3) is 11.4 Å². The van der Waals surface area contributed by atoms with Crippen LogP contribution in [0.4, 0.5) is 52.7 Å². The molecule has 0 spiro atoms. The third-order valence-corrected chi connectivity index (χ3v) is 5.09. The van der Waals surface area contributed by atoms with Gasteiger partial charge in [-0.3, -0.25) is 9.59 Å². The number of rotatable bonds is 7. The first-order valence-electron chi connectivity index (χ1n) is 8.33. The van der Waals surface area contributed by atoms with E-state index in [1.54, 1.807) is 0 Å². The summed E-state index contributed by atoms with van der Waals surface area (Å²) < 4.78 is 156. The average Bonchev–Trinajstić information content (AvgIpc) is 2.62. The Bertz CT molecular complexity index is 714. The summed E-state index contributed by atoms with van der Waals surface area (Å²) in [5.41, 5.74) is -9.87. The van der Waals surface area contributed by atoms with Crippen LogP contribution < -0.4 is 10.6 Å². The van der Waals surface area contributed by atoms with E-state index < -0.39 is 84.5 Å². The van der Waals surface area contributed by atoms with Crippen LogP contribution in [0.3, 0.4) is 0 Å². The molecule has 0 radical (unpaired) electrons. The second kappa shape index (κ2) is 6.77. The van der Waals surface area contributed by atoms with Crippen LogP contribution >= 0.6 is 0 Å². The number of hydrogen-bond donors (Lipinski definition) is 4. The highest BCUT2D eigenvalue weighted by Gasteiger charge is 3.00. The molecule has 2 fully saturated rings. The van der Waals surface area contributed by atoms with Gasteiger partial charge in [0.1, 0.15) is 0 Å². The Kier molecular flexibility index (Phi) is 5.56. The van der Waals surface area contributed by atoms with Gasteiger partial charge in [-0.15, -0.1) is 0 Å². The van der Waals surface area contributed by atoms with E-state index in [0.717, 1.165) is 0 Å². The fraction of sp³-hybridized carbons (Fsp3) is 0.857. The molecule has 0 aromatic heterocycles. The second-order valence-electron chi connectivity index (χ2n) is 7.17. The van der Waals surface area contributed by atoms with E-state index >= 15 is 0 Å². The zero-order valence-electron chi connectivity index (χ0n) is 15.1. The van der Waals surface area contributed by atoms with Gasteiger partial charge in [0.05, 0.1) is 0 Å². The zero-order valence-corrected chi connectivity index (χ0v) is 15.1. The highest BCUT2D eigenvalue weighted by atomic mass is 19.4. The second-order valence-corrected chi connectivity index (χ2v) is 7.17. The number of nitrogens with one attached hydrogen (secondary N) is 2. The monoisotopic (exact) mass is 500 g/mol. The number of aliphatic hydroxyl groups is 2. The summed E-state index contributed by atoms with van der Waals surface area (Å²) >= 11 is 0. The number of carbonyl (C=O) groups is 2. The lowest BCUT2D eigenvalue weighted by Crippen LogP contribution is -2.91. The highest BCUT2D eigenvalue weighted by Crippen LogP contribution is 2.66. The van der Waals surface area contributed by atoms with E-state index in [1.165, 1.54) is 0 Å². The fourth-order valence-corrected chi connectivity index (χ4v) is 2.99. The first-order valence-corrected chi connectivity index (χ1v) is 8.33. The van der Waals surface area contributed by atoms with Crippen LogP contribution in [0.1, 0.15) is 25.7 Å². The highest BCUT2D eigenvalue weighted by molar-refractivity contribution is 5.78. The maximum Gasteiger partial charge on any atom is 0.382 e. The average molecular weight is 500 g/mol. The molecule has 0 bridgehead atoms. The van der Waals surface area contributed by atoms with Gasteiger partial charge in [0.15, 0.2) is 0 Å². The molecule has 2 aliphatic carbocycles. The first kappa shape index (κ1) is 26.3. The summed E-state index contributed by atoms with van der Waals surface area (Å²) in [4.78, 5) is 22.8. The summed E-state index contributed by atoms with van der Waals surface area (Å²) in [5.74, 6) is -38.7. The standard InChI is InChI=1S/C14H12F12N2O4/c15-7(16)9(19,20)13(31,10(7,21)22)27-5(29)3-1-2-4-6(30)28-14(32)11(23,24)8(17,18)12(14,25)26/h31-32H,1-4H2,(H,27,29)(H,28,30). The summed E-state index contributed by atoms with van der Waals surface area (Å²) in [7, 11) is 0. The molecule has 0 saturated heterocycles. The van der Waals surface area contributed by atoms with E-state index in [1.807, 2.05) is 0 Å². The SMILES string of the molecule is O=C(CCCCC(=O)NC1(O)C(F)(F)C(F)(F)C1(F)F)NC1(O)C(F)(F)C(F)(F)C1(F)F. The van der Waals surface area contributed by atoms with Crippen molar-refractivity contribution in [3.05, 3.63) is 0 Å². The molecule has 6 nitrogen and oxygen atoms in total. The Labute approximate surface area is 168 Å². The lowest BCUT2D eigenvalue weighted by atomic mass is 9.74. The van der Waals surface area contributed by atoms with Crippen molar-refractivity contribution < 1.29 is 72.5 Å². The minimum Gasteiger partial charge on any atom is -0.361 e. The topological polar surface area (TPSA) is 98.7 Å². The molecule has 32 heavy (non-hydrogen) atoms. The molecule has 0 unspecified atom stereocenters. The Hall–Kier alpha value is -1.98. The van der Waals surface area contributed by atoms with E-state index in [9.17, 15) is 62.3 Å². The first-order chi connectivity index (χ1) is 14.0. The van der Waals surface area contributed by atoms with Crippen molar-refractivity contribution in [3.8, 4) is 0 Å². The quantitative estimate of drug-likeness (QED) is 0.244. The smallest absolute Gasteiger partial charge is 0.361 e.